The highest BCUT2D eigenvalue weighted by atomic mass is 35.5. The predicted molar refractivity (Wildman–Crippen MR) is 117 cm³/mol. The van der Waals surface area contributed by atoms with Crippen molar-refractivity contribution in [2.24, 2.45) is 4.99 Å². The zero-order chi connectivity index (χ0) is 21.2. The number of carbonyl (C=O) groups excluding carboxylic acids is 1. The summed E-state index contributed by atoms with van der Waals surface area (Å²) in [6.07, 6.45) is 4.31. The zero-order valence-corrected chi connectivity index (χ0v) is 19.3. The number of hydrogen-bond donors (Lipinski definition) is 0. The maximum atomic E-state index is 13.1. The fourth-order valence-electron chi connectivity index (χ4n) is 3.13. The number of amides is 1. The van der Waals surface area contributed by atoms with Gasteiger partial charge in [0.1, 0.15) is 5.75 Å². The summed E-state index contributed by atoms with van der Waals surface area (Å²) in [4.78, 5) is 19.4. The van der Waals surface area contributed by atoms with Crippen molar-refractivity contribution in [3.63, 3.8) is 0 Å². The summed E-state index contributed by atoms with van der Waals surface area (Å²) >= 11 is 7.68. The van der Waals surface area contributed by atoms with E-state index >= 15 is 0 Å². The van der Waals surface area contributed by atoms with E-state index in [4.69, 9.17) is 21.1 Å². The number of halogens is 1. The second kappa shape index (κ2) is 9.02. The average molecular weight is 437 g/mol. The van der Waals surface area contributed by atoms with Gasteiger partial charge >= 0.3 is 0 Å². The summed E-state index contributed by atoms with van der Waals surface area (Å²) in [6, 6.07) is 5.06. The molecule has 1 aromatic heterocycles. The van der Waals surface area contributed by atoms with Gasteiger partial charge in [-0.2, -0.15) is 4.99 Å². The fraction of sp³-hybridized carbons (Fsp3) is 0.545. The van der Waals surface area contributed by atoms with Gasteiger partial charge in [-0.05, 0) is 50.3 Å². The number of ether oxygens (including phenoxy) is 2. The third kappa shape index (κ3) is 5.71. The van der Waals surface area contributed by atoms with Gasteiger partial charge in [0.25, 0.3) is 5.91 Å². The molecule has 1 aromatic carbocycles. The largest absolute Gasteiger partial charge is 0.490 e. The number of aromatic nitrogens is 1. The van der Waals surface area contributed by atoms with E-state index in [9.17, 15) is 4.79 Å². The first-order chi connectivity index (χ1) is 13.6. The van der Waals surface area contributed by atoms with Gasteiger partial charge in [0.15, 0.2) is 4.80 Å². The molecular formula is C22H29ClN2O3S. The summed E-state index contributed by atoms with van der Waals surface area (Å²) in [5.41, 5.74) is 0.349. The number of thiazole rings is 1. The van der Waals surface area contributed by atoms with Crippen molar-refractivity contribution in [3.05, 3.63) is 44.7 Å². The van der Waals surface area contributed by atoms with Crippen LogP contribution in [-0.4, -0.2) is 29.3 Å². The van der Waals surface area contributed by atoms with Crippen LogP contribution >= 0.6 is 22.9 Å². The van der Waals surface area contributed by atoms with Crippen LogP contribution in [0.3, 0.4) is 0 Å². The summed E-state index contributed by atoms with van der Waals surface area (Å²) in [6.45, 7) is 11.8. The molecule has 1 saturated heterocycles. The first kappa shape index (κ1) is 22.1. The van der Waals surface area contributed by atoms with Crippen LogP contribution in [0.2, 0.25) is 5.02 Å². The van der Waals surface area contributed by atoms with Crippen LogP contribution < -0.4 is 9.54 Å². The van der Waals surface area contributed by atoms with E-state index in [2.05, 4.69) is 32.0 Å². The topological polar surface area (TPSA) is 52.8 Å². The van der Waals surface area contributed by atoms with Crippen molar-refractivity contribution in [2.75, 3.05) is 6.61 Å². The number of benzene rings is 1. The molecule has 0 spiro atoms. The third-order valence-electron chi connectivity index (χ3n) is 4.62. The van der Waals surface area contributed by atoms with Gasteiger partial charge in [-0.15, -0.1) is 11.3 Å². The van der Waals surface area contributed by atoms with Gasteiger partial charge in [0, 0.05) is 22.7 Å². The van der Waals surface area contributed by atoms with E-state index in [-0.39, 0.29) is 23.5 Å². The van der Waals surface area contributed by atoms with E-state index in [0.29, 0.717) is 27.7 Å². The van der Waals surface area contributed by atoms with Gasteiger partial charge in [-0.25, -0.2) is 0 Å². The molecule has 0 N–H and O–H groups in total. The minimum absolute atomic E-state index is 0.0261. The van der Waals surface area contributed by atoms with Crippen LogP contribution in [0, 0.1) is 0 Å². The van der Waals surface area contributed by atoms with Crippen LogP contribution in [0.1, 0.15) is 62.7 Å². The molecule has 5 nitrogen and oxygen atoms in total. The smallest absolute Gasteiger partial charge is 0.283 e. The van der Waals surface area contributed by atoms with Crippen LogP contribution in [0.4, 0.5) is 0 Å². The Kier molecular flexibility index (Phi) is 6.87. The van der Waals surface area contributed by atoms with Crippen molar-refractivity contribution in [1.29, 1.82) is 0 Å². The Morgan fingerprint density at radius 2 is 2.17 bits per heavy atom. The molecule has 1 aliphatic rings. The van der Waals surface area contributed by atoms with Crippen LogP contribution in [0.25, 0.3) is 0 Å². The quantitative estimate of drug-likeness (QED) is 0.646. The molecule has 1 amide bonds. The van der Waals surface area contributed by atoms with Crippen molar-refractivity contribution in [3.8, 4) is 5.75 Å². The molecule has 3 rings (SSSR count). The molecule has 1 fully saturated rings. The van der Waals surface area contributed by atoms with Gasteiger partial charge in [-0.1, -0.05) is 32.4 Å². The second-order valence-electron chi connectivity index (χ2n) is 8.64. The highest BCUT2D eigenvalue weighted by Gasteiger charge is 2.22. The minimum atomic E-state index is -0.355. The Labute approximate surface area is 181 Å². The Bertz CT molecular complexity index is 934. The summed E-state index contributed by atoms with van der Waals surface area (Å²) < 4.78 is 13.6. The van der Waals surface area contributed by atoms with Crippen LogP contribution in [0.5, 0.6) is 5.75 Å². The molecule has 2 heterocycles. The molecular weight excluding hydrogens is 408 g/mol. The first-order valence-corrected chi connectivity index (χ1v) is 11.2. The van der Waals surface area contributed by atoms with Crippen LogP contribution in [0.15, 0.2) is 29.4 Å². The molecule has 0 aliphatic carbocycles. The lowest BCUT2D eigenvalue weighted by Gasteiger charge is -2.15. The molecule has 1 atom stereocenters. The summed E-state index contributed by atoms with van der Waals surface area (Å²) in [5, 5.41) is 0.480. The van der Waals surface area contributed by atoms with Gasteiger partial charge in [0.2, 0.25) is 0 Å². The normalized spacial score (nSPS) is 17.9. The molecule has 0 bridgehead atoms. The van der Waals surface area contributed by atoms with Crippen molar-refractivity contribution >= 4 is 28.8 Å². The average Bonchev–Trinajstić information content (AvgIpc) is 3.26. The molecule has 158 valence electrons. The number of rotatable bonds is 5. The van der Waals surface area contributed by atoms with E-state index in [1.165, 1.54) is 4.88 Å². The maximum Gasteiger partial charge on any atom is 0.283 e. The van der Waals surface area contributed by atoms with E-state index < -0.39 is 0 Å². The predicted octanol–water partition coefficient (Wildman–Crippen LogP) is 5.21. The van der Waals surface area contributed by atoms with Crippen molar-refractivity contribution in [2.45, 2.75) is 71.6 Å². The van der Waals surface area contributed by atoms with Crippen molar-refractivity contribution in [1.82, 2.24) is 4.57 Å². The van der Waals surface area contributed by atoms with Crippen molar-refractivity contribution < 1.29 is 14.3 Å². The lowest BCUT2D eigenvalue weighted by Crippen LogP contribution is -2.23. The minimum Gasteiger partial charge on any atom is -0.490 e. The van der Waals surface area contributed by atoms with E-state index in [1.807, 2.05) is 18.4 Å². The number of carbonyl (C=O) groups is 1. The molecule has 7 heteroatoms. The van der Waals surface area contributed by atoms with Gasteiger partial charge in [-0.3, -0.25) is 4.79 Å². The Balaban J connectivity index is 2.01. The molecule has 1 unspecified atom stereocenters. The second-order valence-corrected chi connectivity index (χ2v) is 10.1. The molecule has 2 aromatic rings. The third-order valence-corrected chi connectivity index (χ3v) is 6.30. The Morgan fingerprint density at radius 1 is 1.41 bits per heavy atom. The molecule has 1 aliphatic heterocycles. The number of nitrogens with zero attached hydrogens (tertiary/aromatic N) is 2. The van der Waals surface area contributed by atoms with Gasteiger partial charge in [0.05, 0.1) is 24.3 Å². The highest BCUT2D eigenvalue weighted by molar-refractivity contribution is 7.09. The number of hydrogen-bond acceptors (Lipinski definition) is 4. The van der Waals surface area contributed by atoms with E-state index in [1.54, 1.807) is 29.5 Å². The SMILES string of the molecule is CC(C)Oc1ccc(Cl)cc1C(=O)N=c1sc(C(C)(C)C)cn1CC1CCCO1. The Hall–Kier alpha value is -1.63. The fourth-order valence-corrected chi connectivity index (χ4v) is 4.35. The molecule has 29 heavy (non-hydrogen) atoms. The summed E-state index contributed by atoms with van der Waals surface area (Å²) in [7, 11) is 0. The maximum absolute atomic E-state index is 13.1. The summed E-state index contributed by atoms with van der Waals surface area (Å²) in [5.74, 6) is 0.142. The van der Waals surface area contributed by atoms with Gasteiger partial charge < -0.3 is 14.0 Å². The van der Waals surface area contributed by atoms with E-state index in [0.717, 1.165) is 19.4 Å². The monoisotopic (exact) mass is 436 g/mol. The molecule has 0 saturated carbocycles. The lowest BCUT2D eigenvalue weighted by molar-refractivity contribution is 0.0948. The Morgan fingerprint density at radius 3 is 2.79 bits per heavy atom. The molecule has 0 radical (unpaired) electrons. The zero-order valence-electron chi connectivity index (χ0n) is 17.7. The first-order valence-electron chi connectivity index (χ1n) is 10.0. The lowest BCUT2D eigenvalue weighted by atomic mass is 9.95. The van der Waals surface area contributed by atoms with Crippen LogP contribution in [-0.2, 0) is 16.7 Å². The standard InChI is InChI=1S/C22H29ClN2O3S/c1-14(2)28-18-9-8-15(23)11-17(18)20(26)24-21-25(12-16-7-6-10-27-16)13-19(29-21)22(3,4)5/h8-9,11,13-14,16H,6-7,10,12H2,1-5H3. The highest BCUT2D eigenvalue weighted by Crippen LogP contribution is 2.27.